The number of hydrogen-bond acceptors (Lipinski definition) is 5. The van der Waals surface area contributed by atoms with Gasteiger partial charge < -0.3 is 14.9 Å². The monoisotopic (exact) mass is 475 g/mol. The van der Waals surface area contributed by atoms with Gasteiger partial charge in [-0.05, 0) is 48.0 Å². The van der Waals surface area contributed by atoms with Gasteiger partial charge in [0.2, 0.25) is 5.91 Å². The second-order valence-corrected chi connectivity index (χ2v) is 11.1. The van der Waals surface area contributed by atoms with Gasteiger partial charge in [-0.3, -0.25) is 14.9 Å². The summed E-state index contributed by atoms with van der Waals surface area (Å²) in [5, 5.41) is 13.3. The van der Waals surface area contributed by atoms with Crippen LogP contribution < -0.4 is 5.32 Å². The molecule has 0 radical (unpaired) electrons. The Balaban J connectivity index is 1.77. The number of carboxylic acid groups (broad SMARTS) is 1. The highest BCUT2D eigenvalue weighted by Crippen LogP contribution is 2.36. The predicted molar refractivity (Wildman–Crippen MR) is 131 cm³/mol. The van der Waals surface area contributed by atoms with Gasteiger partial charge in [-0.1, -0.05) is 39.8 Å². The number of nitrogens with one attached hydrogen (secondary N) is 1. The lowest BCUT2D eigenvalue weighted by Crippen LogP contribution is -2.63. The third-order valence-electron chi connectivity index (χ3n) is 6.91. The maximum absolute atomic E-state index is 13.2. The van der Waals surface area contributed by atoms with Crippen molar-refractivity contribution in [3.8, 4) is 0 Å². The molecular formula is C25H37N3O4S. The van der Waals surface area contributed by atoms with Gasteiger partial charge in [0.1, 0.15) is 6.04 Å². The number of carbonyl (C=O) groups is 3. The minimum Gasteiger partial charge on any atom is -0.480 e. The number of thioether (sulfide) groups is 1. The lowest BCUT2D eigenvalue weighted by molar-refractivity contribution is -0.154. The van der Waals surface area contributed by atoms with Gasteiger partial charge in [0.25, 0.3) is 5.91 Å². The molecule has 2 atom stereocenters. The molecule has 1 spiro atoms. The topological polar surface area (TPSA) is 89.9 Å². The van der Waals surface area contributed by atoms with Crippen LogP contribution in [0.1, 0.15) is 69.3 Å². The van der Waals surface area contributed by atoms with Gasteiger partial charge in [0, 0.05) is 31.5 Å². The standard InChI is InChI=1S/C25H37N3O4S/c1-6-20(23(31)32)28-22(30)19(11-16-33-5)26-25(28)12-14-27(15-13-25)21(29)17-7-9-18(10-8-17)24(2,3)4/h7-10,19-20,26H,6,11-16H2,1-5H3,(H,31,32). The molecule has 0 aliphatic carbocycles. The van der Waals surface area contributed by atoms with Gasteiger partial charge in [-0.2, -0.15) is 11.8 Å². The van der Waals surface area contributed by atoms with Gasteiger partial charge in [-0.15, -0.1) is 0 Å². The van der Waals surface area contributed by atoms with Crippen molar-refractivity contribution in [3.63, 3.8) is 0 Å². The Bertz CT molecular complexity index is 873. The summed E-state index contributed by atoms with van der Waals surface area (Å²) in [6.45, 7) is 9.17. The highest BCUT2D eigenvalue weighted by atomic mass is 32.2. The Morgan fingerprint density at radius 2 is 1.82 bits per heavy atom. The van der Waals surface area contributed by atoms with E-state index >= 15 is 0 Å². The molecule has 2 fully saturated rings. The smallest absolute Gasteiger partial charge is 0.326 e. The predicted octanol–water partition coefficient (Wildman–Crippen LogP) is 3.33. The van der Waals surface area contributed by atoms with E-state index in [1.165, 1.54) is 5.56 Å². The molecular weight excluding hydrogens is 438 g/mol. The van der Waals surface area contributed by atoms with Crippen LogP contribution >= 0.6 is 11.8 Å². The molecule has 2 heterocycles. The molecule has 182 valence electrons. The number of carboxylic acids is 1. The quantitative estimate of drug-likeness (QED) is 0.629. The molecule has 2 unspecified atom stereocenters. The van der Waals surface area contributed by atoms with Gasteiger partial charge in [0.15, 0.2) is 0 Å². The fourth-order valence-electron chi connectivity index (χ4n) is 4.95. The number of hydrogen-bond donors (Lipinski definition) is 2. The van der Waals surface area contributed by atoms with Crippen molar-refractivity contribution in [2.24, 2.45) is 0 Å². The molecule has 1 aromatic carbocycles. The molecule has 8 heteroatoms. The Morgan fingerprint density at radius 1 is 1.21 bits per heavy atom. The van der Waals surface area contributed by atoms with E-state index in [9.17, 15) is 19.5 Å². The molecule has 1 aromatic rings. The summed E-state index contributed by atoms with van der Waals surface area (Å²) < 4.78 is 0. The van der Waals surface area contributed by atoms with E-state index < -0.39 is 17.7 Å². The number of nitrogens with zero attached hydrogens (tertiary/aromatic N) is 2. The number of benzene rings is 1. The van der Waals surface area contributed by atoms with E-state index in [0.29, 0.717) is 44.3 Å². The van der Waals surface area contributed by atoms with Crippen molar-refractivity contribution in [3.05, 3.63) is 35.4 Å². The number of amides is 2. The van der Waals surface area contributed by atoms with E-state index in [4.69, 9.17) is 0 Å². The zero-order chi connectivity index (χ0) is 24.4. The summed E-state index contributed by atoms with van der Waals surface area (Å²) in [5.74, 6) is -0.303. The Hall–Kier alpha value is -2.06. The lowest BCUT2D eigenvalue weighted by atomic mass is 9.86. The first-order chi connectivity index (χ1) is 15.5. The van der Waals surface area contributed by atoms with Crippen LogP contribution in [0.3, 0.4) is 0 Å². The fraction of sp³-hybridized carbons (Fsp3) is 0.640. The van der Waals surface area contributed by atoms with Crippen LogP contribution in [0.5, 0.6) is 0 Å². The van der Waals surface area contributed by atoms with Crippen molar-refractivity contribution in [2.45, 2.75) is 76.5 Å². The molecule has 2 aliphatic rings. The van der Waals surface area contributed by atoms with Crippen molar-refractivity contribution in [1.82, 2.24) is 15.1 Å². The molecule has 3 rings (SSSR count). The normalized spacial score (nSPS) is 21.5. The zero-order valence-electron chi connectivity index (χ0n) is 20.4. The van der Waals surface area contributed by atoms with Crippen molar-refractivity contribution < 1.29 is 19.5 Å². The Morgan fingerprint density at radius 3 is 2.30 bits per heavy atom. The van der Waals surface area contributed by atoms with Gasteiger partial charge in [-0.25, -0.2) is 4.79 Å². The fourth-order valence-corrected chi connectivity index (χ4v) is 5.42. The maximum atomic E-state index is 13.2. The molecule has 0 aromatic heterocycles. The minimum absolute atomic E-state index is 0.0228. The average molecular weight is 476 g/mol. The minimum atomic E-state index is -0.977. The van der Waals surface area contributed by atoms with Crippen molar-refractivity contribution in [2.75, 3.05) is 25.1 Å². The van der Waals surface area contributed by atoms with Gasteiger partial charge in [0.05, 0.1) is 11.7 Å². The van der Waals surface area contributed by atoms with Crippen molar-refractivity contribution >= 4 is 29.5 Å². The van der Waals surface area contributed by atoms with Crippen LogP contribution in [0.15, 0.2) is 24.3 Å². The number of carbonyl (C=O) groups excluding carboxylic acids is 2. The molecule has 33 heavy (non-hydrogen) atoms. The van der Waals surface area contributed by atoms with Crippen LogP contribution in [0.4, 0.5) is 0 Å². The summed E-state index contributed by atoms with van der Waals surface area (Å²) in [6.07, 6.45) is 4.05. The van der Waals surface area contributed by atoms with Crippen LogP contribution in [0, 0.1) is 0 Å². The van der Waals surface area contributed by atoms with Crippen molar-refractivity contribution in [1.29, 1.82) is 0 Å². The highest BCUT2D eigenvalue weighted by molar-refractivity contribution is 7.98. The number of rotatable bonds is 7. The van der Waals surface area contributed by atoms with E-state index in [-0.39, 0.29) is 23.3 Å². The first-order valence-electron chi connectivity index (χ1n) is 11.8. The van der Waals surface area contributed by atoms with Gasteiger partial charge >= 0.3 is 5.97 Å². The largest absolute Gasteiger partial charge is 0.480 e. The molecule has 0 saturated carbocycles. The first-order valence-corrected chi connectivity index (χ1v) is 13.2. The molecule has 2 aliphatic heterocycles. The molecule has 7 nitrogen and oxygen atoms in total. The highest BCUT2D eigenvalue weighted by Gasteiger charge is 2.55. The van der Waals surface area contributed by atoms with E-state index in [0.717, 1.165) is 5.75 Å². The van der Waals surface area contributed by atoms with Crippen LogP contribution in [0.2, 0.25) is 0 Å². The van der Waals surface area contributed by atoms with Crippen LogP contribution in [-0.4, -0.2) is 75.5 Å². The summed E-state index contributed by atoms with van der Waals surface area (Å²) in [7, 11) is 0. The summed E-state index contributed by atoms with van der Waals surface area (Å²) >= 11 is 1.67. The van der Waals surface area contributed by atoms with Crippen LogP contribution in [-0.2, 0) is 15.0 Å². The van der Waals surface area contributed by atoms with E-state index in [1.54, 1.807) is 23.6 Å². The van der Waals surface area contributed by atoms with E-state index in [2.05, 4.69) is 26.1 Å². The number of aliphatic carboxylic acids is 1. The summed E-state index contributed by atoms with van der Waals surface area (Å²) in [4.78, 5) is 41.8. The summed E-state index contributed by atoms with van der Waals surface area (Å²) in [6, 6.07) is 6.54. The van der Waals surface area contributed by atoms with E-state index in [1.807, 2.05) is 35.4 Å². The molecule has 0 bridgehead atoms. The zero-order valence-corrected chi connectivity index (χ0v) is 21.2. The molecule has 2 saturated heterocycles. The third-order valence-corrected chi connectivity index (χ3v) is 7.55. The third kappa shape index (κ3) is 5.22. The number of likely N-dealkylation sites (tertiary alicyclic amines) is 1. The molecule has 2 amide bonds. The summed E-state index contributed by atoms with van der Waals surface area (Å²) in [5.41, 5.74) is 1.14. The SMILES string of the molecule is CCC(C(=O)O)N1C(=O)C(CCSC)NC12CCN(C(=O)c1ccc(C(C)(C)C)cc1)CC2. The second kappa shape index (κ2) is 10.1. The second-order valence-electron chi connectivity index (χ2n) is 10.1. The average Bonchev–Trinajstić information content (AvgIpc) is 3.03. The Labute approximate surface area is 201 Å². The number of piperidine rings is 1. The Kier molecular flexibility index (Phi) is 7.79. The van der Waals surface area contributed by atoms with Crippen LogP contribution in [0.25, 0.3) is 0 Å². The lowest BCUT2D eigenvalue weighted by Gasteiger charge is -2.46. The molecule has 2 N–H and O–H groups in total. The maximum Gasteiger partial charge on any atom is 0.326 e. The first kappa shape index (κ1) is 25.6.